The van der Waals surface area contributed by atoms with Crippen molar-refractivity contribution < 1.29 is 9.47 Å². The number of rotatable bonds is 10. The van der Waals surface area contributed by atoms with Crippen molar-refractivity contribution in [1.82, 2.24) is 0 Å². The number of para-hydroxylation sites is 1. The van der Waals surface area contributed by atoms with Gasteiger partial charge in [0.25, 0.3) is 0 Å². The molecule has 0 N–H and O–H groups in total. The molecule has 1 aliphatic rings. The predicted octanol–water partition coefficient (Wildman–Crippen LogP) is 5.53. The molecule has 22 heavy (non-hydrogen) atoms. The molecule has 1 fully saturated rings. The number of unbranched alkanes of at least 4 members (excludes halogenated alkanes) is 2. The highest BCUT2D eigenvalue weighted by Gasteiger charge is 2.50. The van der Waals surface area contributed by atoms with E-state index in [0.717, 1.165) is 18.6 Å². The molecule has 1 aromatic carbocycles. The summed E-state index contributed by atoms with van der Waals surface area (Å²) in [5.41, 5.74) is 1.55. The van der Waals surface area contributed by atoms with Gasteiger partial charge >= 0.3 is 0 Å². The van der Waals surface area contributed by atoms with Crippen molar-refractivity contribution in [2.24, 2.45) is 0 Å². The fourth-order valence-electron chi connectivity index (χ4n) is 2.86. The van der Waals surface area contributed by atoms with Crippen LogP contribution in [0.15, 0.2) is 42.0 Å². The molecule has 0 aromatic heterocycles. The van der Waals surface area contributed by atoms with Crippen LogP contribution in [0.1, 0.15) is 59.3 Å². The molecule has 0 saturated carbocycles. The number of hydrogen-bond donors (Lipinski definition) is 0. The van der Waals surface area contributed by atoms with E-state index in [2.05, 4.69) is 26.8 Å². The maximum Gasteiger partial charge on any atom is 0.119 e. The standard InChI is InChI=1S/C20H30O2/c1-4-5-9-15-20(3)19(22-20)13-12-17(2)14-16-21-18-10-7-6-8-11-18/h6-8,10-11,14,19H,4-5,9,12-13,15-16H2,1-3H3. The summed E-state index contributed by atoms with van der Waals surface area (Å²) in [4.78, 5) is 0. The summed E-state index contributed by atoms with van der Waals surface area (Å²) in [5, 5.41) is 0. The quantitative estimate of drug-likeness (QED) is 0.322. The minimum atomic E-state index is 0.163. The maximum absolute atomic E-state index is 5.92. The molecule has 0 amide bonds. The topological polar surface area (TPSA) is 21.8 Å². The number of ether oxygens (including phenoxy) is 2. The van der Waals surface area contributed by atoms with Crippen LogP contribution in [0.4, 0.5) is 0 Å². The van der Waals surface area contributed by atoms with Gasteiger partial charge in [0.2, 0.25) is 0 Å². The second-order valence-electron chi connectivity index (χ2n) is 6.59. The monoisotopic (exact) mass is 302 g/mol. The highest BCUT2D eigenvalue weighted by atomic mass is 16.6. The molecule has 2 atom stereocenters. The van der Waals surface area contributed by atoms with E-state index in [1.807, 2.05) is 30.3 Å². The van der Waals surface area contributed by atoms with Crippen molar-refractivity contribution in [2.75, 3.05) is 6.61 Å². The molecule has 0 radical (unpaired) electrons. The first-order valence-electron chi connectivity index (χ1n) is 8.65. The Balaban J connectivity index is 1.62. The lowest BCUT2D eigenvalue weighted by atomic mass is 9.96. The molecule has 0 aliphatic carbocycles. The summed E-state index contributed by atoms with van der Waals surface area (Å²) >= 11 is 0. The average Bonchev–Trinajstić information content (AvgIpc) is 3.17. The van der Waals surface area contributed by atoms with Crippen LogP contribution in [0.25, 0.3) is 0 Å². The van der Waals surface area contributed by atoms with Gasteiger partial charge in [-0.25, -0.2) is 0 Å². The minimum absolute atomic E-state index is 0.163. The summed E-state index contributed by atoms with van der Waals surface area (Å²) in [5.74, 6) is 0.931. The number of benzene rings is 1. The molecule has 0 bridgehead atoms. The fourth-order valence-corrected chi connectivity index (χ4v) is 2.86. The zero-order chi connectivity index (χ0) is 15.8. The van der Waals surface area contributed by atoms with E-state index < -0.39 is 0 Å². The lowest BCUT2D eigenvalue weighted by molar-refractivity contribution is 0.288. The molecule has 1 aromatic rings. The molecule has 2 heteroatoms. The number of allylic oxidation sites excluding steroid dienone is 1. The van der Waals surface area contributed by atoms with Crippen molar-refractivity contribution >= 4 is 0 Å². The van der Waals surface area contributed by atoms with Gasteiger partial charge in [-0.05, 0) is 51.3 Å². The Morgan fingerprint density at radius 3 is 2.77 bits per heavy atom. The van der Waals surface area contributed by atoms with E-state index in [4.69, 9.17) is 9.47 Å². The van der Waals surface area contributed by atoms with Gasteiger partial charge in [0, 0.05) is 0 Å². The molecule has 1 saturated heterocycles. The third kappa shape index (κ3) is 5.49. The van der Waals surface area contributed by atoms with Crippen LogP contribution in [0.2, 0.25) is 0 Å². The molecular formula is C20H30O2. The van der Waals surface area contributed by atoms with Crippen LogP contribution >= 0.6 is 0 Å². The smallest absolute Gasteiger partial charge is 0.119 e. The minimum Gasteiger partial charge on any atom is -0.490 e. The molecule has 1 aliphatic heterocycles. The van der Waals surface area contributed by atoms with Crippen LogP contribution in [0.3, 0.4) is 0 Å². The highest BCUT2D eigenvalue weighted by molar-refractivity contribution is 5.21. The van der Waals surface area contributed by atoms with Gasteiger partial charge in [-0.2, -0.15) is 0 Å². The molecular weight excluding hydrogens is 272 g/mol. The average molecular weight is 302 g/mol. The zero-order valence-corrected chi connectivity index (χ0v) is 14.3. The third-order valence-electron chi connectivity index (χ3n) is 4.54. The van der Waals surface area contributed by atoms with E-state index in [1.54, 1.807) is 0 Å². The van der Waals surface area contributed by atoms with Crippen molar-refractivity contribution in [1.29, 1.82) is 0 Å². The lowest BCUT2D eigenvalue weighted by Gasteiger charge is -2.06. The molecule has 1 heterocycles. The Kier molecular flexibility index (Phi) is 6.50. The van der Waals surface area contributed by atoms with Crippen molar-refractivity contribution in [3.8, 4) is 5.75 Å². The summed E-state index contributed by atoms with van der Waals surface area (Å²) in [6, 6.07) is 9.97. The first-order valence-corrected chi connectivity index (χ1v) is 8.65. The van der Waals surface area contributed by atoms with Gasteiger partial charge in [0.05, 0.1) is 11.7 Å². The zero-order valence-electron chi connectivity index (χ0n) is 14.3. The van der Waals surface area contributed by atoms with Crippen LogP contribution in [0.5, 0.6) is 5.75 Å². The Labute approximate surface area is 135 Å². The van der Waals surface area contributed by atoms with E-state index in [-0.39, 0.29) is 5.60 Å². The van der Waals surface area contributed by atoms with Crippen molar-refractivity contribution in [2.45, 2.75) is 71.0 Å². The Morgan fingerprint density at radius 2 is 2.05 bits per heavy atom. The van der Waals surface area contributed by atoms with Gasteiger partial charge in [-0.15, -0.1) is 0 Å². The van der Waals surface area contributed by atoms with Crippen LogP contribution in [0, 0.1) is 0 Å². The summed E-state index contributed by atoms with van der Waals surface area (Å²) < 4.78 is 11.6. The highest BCUT2D eigenvalue weighted by Crippen LogP contribution is 2.43. The summed E-state index contributed by atoms with van der Waals surface area (Å²) in [6.07, 6.45) is 9.99. The molecule has 2 unspecified atom stereocenters. The Morgan fingerprint density at radius 1 is 1.27 bits per heavy atom. The van der Waals surface area contributed by atoms with Crippen molar-refractivity contribution in [3.63, 3.8) is 0 Å². The lowest BCUT2D eigenvalue weighted by Crippen LogP contribution is -2.09. The third-order valence-corrected chi connectivity index (χ3v) is 4.54. The van der Waals surface area contributed by atoms with E-state index >= 15 is 0 Å². The maximum atomic E-state index is 5.92. The molecule has 2 rings (SSSR count). The normalized spacial score (nSPS) is 24.3. The van der Waals surface area contributed by atoms with Crippen LogP contribution in [-0.2, 0) is 4.74 Å². The Bertz CT molecular complexity index is 466. The predicted molar refractivity (Wildman–Crippen MR) is 92.3 cm³/mol. The first kappa shape index (κ1) is 17.1. The van der Waals surface area contributed by atoms with E-state index in [9.17, 15) is 0 Å². The number of epoxide rings is 1. The van der Waals surface area contributed by atoms with E-state index in [0.29, 0.717) is 12.7 Å². The molecule has 122 valence electrons. The van der Waals surface area contributed by atoms with E-state index in [1.165, 1.54) is 31.3 Å². The van der Waals surface area contributed by atoms with Gasteiger partial charge in [0.15, 0.2) is 0 Å². The SMILES string of the molecule is CCCCCC1(C)OC1CCC(C)=CCOc1ccccc1. The van der Waals surface area contributed by atoms with Crippen LogP contribution in [-0.4, -0.2) is 18.3 Å². The van der Waals surface area contributed by atoms with Gasteiger partial charge in [0.1, 0.15) is 12.4 Å². The second-order valence-corrected chi connectivity index (χ2v) is 6.59. The molecule has 2 nitrogen and oxygen atoms in total. The van der Waals surface area contributed by atoms with Crippen LogP contribution < -0.4 is 4.74 Å². The Hall–Kier alpha value is -1.28. The van der Waals surface area contributed by atoms with Gasteiger partial charge in [-0.3, -0.25) is 0 Å². The summed E-state index contributed by atoms with van der Waals surface area (Å²) in [7, 11) is 0. The fraction of sp³-hybridized carbons (Fsp3) is 0.600. The number of hydrogen-bond acceptors (Lipinski definition) is 2. The molecule has 0 spiro atoms. The van der Waals surface area contributed by atoms with Gasteiger partial charge in [-0.1, -0.05) is 50.0 Å². The van der Waals surface area contributed by atoms with Gasteiger partial charge < -0.3 is 9.47 Å². The van der Waals surface area contributed by atoms with Crippen molar-refractivity contribution in [3.05, 3.63) is 42.0 Å². The first-order chi connectivity index (χ1) is 10.6. The summed E-state index contributed by atoms with van der Waals surface area (Å²) in [6.45, 7) is 7.35. The largest absolute Gasteiger partial charge is 0.490 e. The second kappa shape index (κ2) is 8.38.